The van der Waals surface area contributed by atoms with Gasteiger partial charge < -0.3 is 11.5 Å². The predicted molar refractivity (Wildman–Crippen MR) is 93.8 cm³/mol. The Morgan fingerprint density at radius 1 is 0.609 bits per heavy atom. The molecule has 0 atom stereocenters. The summed E-state index contributed by atoms with van der Waals surface area (Å²) in [5.74, 6) is 0.0731. The highest BCUT2D eigenvalue weighted by atomic mass is 14.5. The first-order valence-corrected chi connectivity index (χ1v) is 7.38. The molecule has 23 heavy (non-hydrogen) atoms. The third-order valence-electron chi connectivity index (χ3n) is 3.91. The lowest BCUT2D eigenvalue weighted by Gasteiger charge is -2.19. The van der Waals surface area contributed by atoms with Crippen molar-refractivity contribution in [3.63, 3.8) is 0 Å². The lowest BCUT2D eigenvalue weighted by atomic mass is 9.85. The molecular weight excluding hydrogens is 282 g/mol. The quantitative estimate of drug-likeness (QED) is 0.569. The Morgan fingerprint density at radius 2 is 0.957 bits per heavy atom. The molecule has 0 unspecified atom stereocenters. The van der Waals surface area contributed by atoms with Gasteiger partial charge in [0.1, 0.15) is 0 Å². The van der Waals surface area contributed by atoms with Gasteiger partial charge in [0.05, 0.1) is 11.6 Å². The molecule has 0 saturated carbocycles. The first kappa shape index (κ1) is 14.7. The molecule has 0 aliphatic heterocycles. The molecule has 3 heteroatoms. The van der Waals surface area contributed by atoms with E-state index in [1.807, 2.05) is 72.8 Å². The summed E-state index contributed by atoms with van der Waals surface area (Å²) in [7, 11) is 0. The van der Waals surface area contributed by atoms with Gasteiger partial charge in [0.15, 0.2) is 0 Å². The van der Waals surface area contributed by atoms with Crippen molar-refractivity contribution in [3.8, 4) is 6.07 Å². The zero-order valence-corrected chi connectivity index (χ0v) is 12.6. The highest BCUT2D eigenvalue weighted by Crippen LogP contribution is 2.32. The van der Waals surface area contributed by atoms with Crippen LogP contribution in [0.1, 0.15) is 28.2 Å². The van der Waals surface area contributed by atoms with Crippen molar-refractivity contribution in [1.82, 2.24) is 0 Å². The van der Waals surface area contributed by atoms with E-state index in [0.29, 0.717) is 5.56 Å². The summed E-state index contributed by atoms with van der Waals surface area (Å²) in [5.41, 5.74) is 17.2. The second-order valence-corrected chi connectivity index (χ2v) is 5.50. The van der Waals surface area contributed by atoms with Crippen LogP contribution in [0.4, 0.5) is 11.4 Å². The molecule has 0 fully saturated rings. The van der Waals surface area contributed by atoms with Gasteiger partial charge in [-0.05, 0) is 53.1 Å². The summed E-state index contributed by atoms with van der Waals surface area (Å²) in [6.07, 6.45) is 0. The van der Waals surface area contributed by atoms with Gasteiger partial charge in [-0.25, -0.2) is 0 Å². The maximum atomic E-state index is 8.98. The van der Waals surface area contributed by atoms with E-state index in [1.165, 1.54) is 0 Å². The van der Waals surface area contributed by atoms with E-state index in [1.54, 1.807) is 0 Å². The molecule has 112 valence electrons. The minimum Gasteiger partial charge on any atom is -0.399 e. The minimum absolute atomic E-state index is 0.0731. The lowest BCUT2D eigenvalue weighted by Crippen LogP contribution is -2.04. The molecule has 3 rings (SSSR count). The number of nitrogen functional groups attached to an aromatic ring is 2. The van der Waals surface area contributed by atoms with Crippen molar-refractivity contribution in [1.29, 1.82) is 5.26 Å². The van der Waals surface area contributed by atoms with Crippen LogP contribution < -0.4 is 11.5 Å². The normalized spacial score (nSPS) is 10.4. The lowest BCUT2D eigenvalue weighted by molar-refractivity contribution is 0.977. The van der Waals surface area contributed by atoms with Crippen LogP contribution in [-0.4, -0.2) is 0 Å². The Kier molecular flexibility index (Phi) is 3.99. The van der Waals surface area contributed by atoms with Gasteiger partial charge >= 0.3 is 0 Å². The average molecular weight is 299 g/mol. The Hall–Kier alpha value is -3.25. The molecule has 0 heterocycles. The fraction of sp³-hybridized carbons (Fsp3) is 0.0500. The van der Waals surface area contributed by atoms with E-state index in [-0.39, 0.29) is 5.92 Å². The van der Waals surface area contributed by atoms with Gasteiger partial charge in [-0.2, -0.15) is 5.26 Å². The van der Waals surface area contributed by atoms with Crippen LogP contribution in [0.3, 0.4) is 0 Å². The molecule has 0 aliphatic rings. The van der Waals surface area contributed by atoms with Crippen molar-refractivity contribution in [3.05, 3.63) is 95.1 Å². The van der Waals surface area contributed by atoms with Gasteiger partial charge in [0.2, 0.25) is 0 Å². The Balaban J connectivity index is 2.10. The zero-order valence-electron chi connectivity index (χ0n) is 12.6. The SMILES string of the molecule is N#Cc1ccc(C(c2ccc(N)cc2)c2ccc(N)cc2)cc1. The van der Waals surface area contributed by atoms with E-state index in [2.05, 4.69) is 6.07 Å². The van der Waals surface area contributed by atoms with Crippen molar-refractivity contribution in [2.24, 2.45) is 0 Å². The van der Waals surface area contributed by atoms with E-state index in [4.69, 9.17) is 16.7 Å². The molecule has 3 nitrogen and oxygen atoms in total. The fourth-order valence-electron chi connectivity index (χ4n) is 2.70. The number of nitrogens with two attached hydrogens (primary N) is 2. The van der Waals surface area contributed by atoms with Gasteiger partial charge in [0, 0.05) is 17.3 Å². The summed E-state index contributed by atoms with van der Waals surface area (Å²) in [6.45, 7) is 0. The van der Waals surface area contributed by atoms with Crippen molar-refractivity contribution in [2.75, 3.05) is 11.5 Å². The van der Waals surface area contributed by atoms with Crippen LogP contribution in [0.15, 0.2) is 72.8 Å². The number of benzene rings is 3. The number of anilines is 2. The van der Waals surface area contributed by atoms with Gasteiger partial charge in [0.25, 0.3) is 0 Å². The molecule has 0 saturated heterocycles. The molecule has 3 aromatic carbocycles. The van der Waals surface area contributed by atoms with Crippen LogP contribution >= 0.6 is 0 Å². The molecule has 0 aliphatic carbocycles. The Morgan fingerprint density at radius 3 is 1.30 bits per heavy atom. The second kappa shape index (κ2) is 6.25. The third-order valence-corrected chi connectivity index (χ3v) is 3.91. The van der Waals surface area contributed by atoms with Gasteiger partial charge in [-0.15, -0.1) is 0 Å². The first-order valence-electron chi connectivity index (χ1n) is 7.38. The monoisotopic (exact) mass is 299 g/mol. The van der Waals surface area contributed by atoms with E-state index >= 15 is 0 Å². The minimum atomic E-state index is 0.0731. The highest BCUT2D eigenvalue weighted by molar-refractivity contribution is 5.50. The van der Waals surface area contributed by atoms with Crippen molar-refractivity contribution in [2.45, 2.75) is 5.92 Å². The van der Waals surface area contributed by atoms with E-state index in [0.717, 1.165) is 28.1 Å². The van der Waals surface area contributed by atoms with Crippen LogP contribution in [0.2, 0.25) is 0 Å². The number of nitriles is 1. The van der Waals surface area contributed by atoms with Gasteiger partial charge in [-0.3, -0.25) is 0 Å². The summed E-state index contributed by atoms with van der Waals surface area (Å²) in [5, 5.41) is 8.98. The third kappa shape index (κ3) is 3.17. The van der Waals surface area contributed by atoms with E-state index < -0.39 is 0 Å². The maximum absolute atomic E-state index is 8.98. The van der Waals surface area contributed by atoms with Gasteiger partial charge in [-0.1, -0.05) is 36.4 Å². The molecule has 3 aromatic rings. The van der Waals surface area contributed by atoms with E-state index in [9.17, 15) is 0 Å². The Labute approximate surface area is 135 Å². The molecule has 0 bridgehead atoms. The maximum Gasteiger partial charge on any atom is 0.0991 e. The van der Waals surface area contributed by atoms with Crippen LogP contribution in [0, 0.1) is 11.3 Å². The number of hydrogen-bond donors (Lipinski definition) is 2. The van der Waals surface area contributed by atoms with Crippen molar-refractivity contribution < 1.29 is 0 Å². The molecule has 0 amide bonds. The predicted octanol–water partition coefficient (Wildman–Crippen LogP) is 3.90. The van der Waals surface area contributed by atoms with Crippen LogP contribution in [0.25, 0.3) is 0 Å². The number of rotatable bonds is 3. The van der Waals surface area contributed by atoms with Crippen LogP contribution in [-0.2, 0) is 0 Å². The topological polar surface area (TPSA) is 75.8 Å². The molecule has 0 spiro atoms. The number of hydrogen-bond acceptors (Lipinski definition) is 3. The molecule has 0 radical (unpaired) electrons. The van der Waals surface area contributed by atoms with Crippen LogP contribution in [0.5, 0.6) is 0 Å². The smallest absolute Gasteiger partial charge is 0.0991 e. The molecule has 0 aromatic heterocycles. The second-order valence-electron chi connectivity index (χ2n) is 5.50. The average Bonchev–Trinajstić information content (AvgIpc) is 2.59. The first-order chi connectivity index (χ1) is 11.2. The molecular formula is C20H17N3. The largest absolute Gasteiger partial charge is 0.399 e. The zero-order chi connectivity index (χ0) is 16.2. The Bertz CT molecular complexity index is 781. The van der Waals surface area contributed by atoms with Crippen molar-refractivity contribution >= 4 is 11.4 Å². The summed E-state index contributed by atoms with van der Waals surface area (Å²) in [4.78, 5) is 0. The standard InChI is InChI=1S/C20H17N3/c21-13-14-1-3-15(4-2-14)20(16-5-9-18(22)10-6-16)17-7-11-19(23)12-8-17/h1-12,20H,22-23H2. The highest BCUT2D eigenvalue weighted by Gasteiger charge is 2.16. The molecule has 4 N–H and O–H groups in total. The summed E-state index contributed by atoms with van der Waals surface area (Å²) >= 11 is 0. The number of nitrogens with zero attached hydrogens (tertiary/aromatic N) is 1. The summed E-state index contributed by atoms with van der Waals surface area (Å²) in [6, 6.07) is 25.6. The fourth-order valence-corrected chi connectivity index (χ4v) is 2.70. The summed E-state index contributed by atoms with van der Waals surface area (Å²) < 4.78 is 0.